The monoisotopic (exact) mass is 298 g/mol. The Morgan fingerprint density at radius 3 is 3.00 bits per heavy atom. The second-order valence-electron chi connectivity index (χ2n) is 4.07. The Balaban J connectivity index is 1.80. The lowest BCUT2D eigenvalue weighted by Gasteiger charge is -2.00. The normalized spacial score (nSPS) is 10.6. The lowest BCUT2D eigenvalue weighted by molar-refractivity contribution is 0.0944. The fourth-order valence-electron chi connectivity index (χ4n) is 1.61. The minimum Gasteiger partial charge on any atom is -0.349 e. The van der Waals surface area contributed by atoms with E-state index in [1.54, 1.807) is 0 Å². The van der Waals surface area contributed by atoms with Crippen LogP contribution in [0.15, 0.2) is 12.1 Å². The van der Waals surface area contributed by atoms with Crippen LogP contribution >= 0.6 is 22.9 Å². The van der Waals surface area contributed by atoms with Gasteiger partial charge in [0.1, 0.15) is 5.82 Å². The van der Waals surface area contributed by atoms with Crippen molar-refractivity contribution >= 4 is 28.8 Å². The van der Waals surface area contributed by atoms with Gasteiger partial charge in [0.2, 0.25) is 5.82 Å². The first-order valence-corrected chi connectivity index (χ1v) is 7.32. The maximum atomic E-state index is 11.8. The molecule has 19 heavy (non-hydrogen) atoms. The van der Waals surface area contributed by atoms with E-state index in [-0.39, 0.29) is 11.7 Å². The molecular weight excluding hydrogens is 284 g/mol. The molecule has 0 radical (unpaired) electrons. The Labute approximate surface area is 120 Å². The van der Waals surface area contributed by atoms with Gasteiger partial charge in [0.15, 0.2) is 0 Å². The first-order chi connectivity index (χ1) is 9.19. The SMILES string of the molecule is CCCc1nc(C(=O)NCCc2ccc(Cl)s2)n[nH]1. The van der Waals surface area contributed by atoms with Gasteiger partial charge in [0.05, 0.1) is 4.34 Å². The van der Waals surface area contributed by atoms with Gasteiger partial charge in [-0.2, -0.15) is 0 Å². The maximum absolute atomic E-state index is 11.8. The second kappa shape index (κ2) is 6.68. The molecule has 0 atom stereocenters. The van der Waals surface area contributed by atoms with E-state index < -0.39 is 0 Å². The van der Waals surface area contributed by atoms with Crippen molar-refractivity contribution in [3.63, 3.8) is 0 Å². The molecule has 0 unspecified atom stereocenters. The number of carbonyl (C=O) groups excluding carboxylic acids is 1. The number of nitrogens with zero attached hydrogens (tertiary/aromatic N) is 2. The first kappa shape index (κ1) is 14.0. The van der Waals surface area contributed by atoms with Gasteiger partial charge in [-0.15, -0.1) is 16.4 Å². The average molecular weight is 299 g/mol. The van der Waals surface area contributed by atoms with Crippen LogP contribution in [0.5, 0.6) is 0 Å². The van der Waals surface area contributed by atoms with Crippen LogP contribution < -0.4 is 5.32 Å². The Kier molecular flexibility index (Phi) is 4.93. The topological polar surface area (TPSA) is 70.7 Å². The molecular formula is C12H15ClN4OS. The van der Waals surface area contributed by atoms with E-state index in [2.05, 4.69) is 27.4 Å². The van der Waals surface area contributed by atoms with Crippen LogP contribution in [0, 0.1) is 0 Å². The third-order valence-corrected chi connectivity index (χ3v) is 3.80. The zero-order valence-electron chi connectivity index (χ0n) is 10.6. The van der Waals surface area contributed by atoms with E-state index in [1.165, 1.54) is 11.3 Å². The number of rotatable bonds is 6. The highest BCUT2D eigenvalue weighted by atomic mass is 35.5. The number of carbonyl (C=O) groups is 1. The number of nitrogens with one attached hydrogen (secondary N) is 2. The molecule has 102 valence electrons. The number of amides is 1. The van der Waals surface area contributed by atoms with Crippen LogP contribution in [0.25, 0.3) is 0 Å². The minimum atomic E-state index is -0.249. The van der Waals surface area contributed by atoms with Gasteiger partial charge in [0.25, 0.3) is 5.91 Å². The molecule has 1 amide bonds. The lowest BCUT2D eigenvalue weighted by atomic mass is 10.3. The van der Waals surface area contributed by atoms with Crippen molar-refractivity contribution in [3.8, 4) is 0 Å². The van der Waals surface area contributed by atoms with Crippen LogP contribution in [-0.2, 0) is 12.8 Å². The van der Waals surface area contributed by atoms with Crippen molar-refractivity contribution in [1.29, 1.82) is 0 Å². The molecule has 0 spiro atoms. The number of thiophene rings is 1. The Hall–Kier alpha value is -1.40. The van der Waals surface area contributed by atoms with E-state index in [0.717, 1.165) is 34.3 Å². The first-order valence-electron chi connectivity index (χ1n) is 6.12. The third-order valence-electron chi connectivity index (χ3n) is 2.51. The summed E-state index contributed by atoms with van der Waals surface area (Å²) in [5.41, 5.74) is 0. The number of halogens is 1. The van der Waals surface area contributed by atoms with Crippen LogP contribution in [0.2, 0.25) is 4.34 Å². The van der Waals surface area contributed by atoms with E-state index in [0.29, 0.717) is 6.54 Å². The van der Waals surface area contributed by atoms with E-state index >= 15 is 0 Å². The zero-order chi connectivity index (χ0) is 13.7. The molecule has 2 rings (SSSR count). The second-order valence-corrected chi connectivity index (χ2v) is 5.87. The van der Waals surface area contributed by atoms with Gasteiger partial charge < -0.3 is 5.32 Å². The van der Waals surface area contributed by atoms with E-state index in [1.807, 2.05) is 12.1 Å². The summed E-state index contributed by atoms with van der Waals surface area (Å²) in [7, 11) is 0. The molecule has 0 aliphatic heterocycles. The largest absolute Gasteiger partial charge is 0.349 e. The number of hydrogen-bond acceptors (Lipinski definition) is 4. The molecule has 0 aromatic carbocycles. The smallest absolute Gasteiger partial charge is 0.290 e. The van der Waals surface area contributed by atoms with Crippen molar-refractivity contribution in [2.24, 2.45) is 0 Å². The average Bonchev–Trinajstić information content (AvgIpc) is 2.99. The van der Waals surface area contributed by atoms with Crippen LogP contribution in [0.4, 0.5) is 0 Å². The van der Waals surface area contributed by atoms with Crippen LogP contribution in [0.1, 0.15) is 34.7 Å². The number of H-pyrrole nitrogens is 1. The maximum Gasteiger partial charge on any atom is 0.290 e. The predicted molar refractivity (Wildman–Crippen MR) is 75.7 cm³/mol. The standard InChI is InChI=1S/C12H15ClN4OS/c1-2-3-10-15-11(17-16-10)12(18)14-7-6-8-4-5-9(13)19-8/h4-5H,2-3,6-7H2,1H3,(H,14,18)(H,15,16,17). The third kappa shape index (κ3) is 4.04. The quantitative estimate of drug-likeness (QED) is 0.860. The Bertz CT molecular complexity index is 551. The molecule has 2 aromatic rings. The van der Waals surface area contributed by atoms with Gasteiger partial charge in [-0.3, -0.25) is 9.89 Å². The molecule has 0 bridgehead atoms. The van der Waals surface area contributed by atoms with Gasteiger partial charge >= 0.3 is 0 Å². The summed E-state index contributed by atoms with van der Waals surface area (Å²) in [4.78, 5) is 17.1. The van der Waals surface area contributed by atoms with Crippen molar-refractivity contribution in [2.75, 3.05) is 6.54 Å². The highest BCUT2D eigenvalue weighted by molar-refractivity contribution is 7.16. The highest BCUT2D eigenvalue weighted by Crippen LogP contribution is 2.21. The fourth-order valence-corrected chi connectivity index (χ4v) is 2.70. The molecule has 0 saturated carbocycles. The summed E-state index contributed by atoms with van der Waals surface area (Å²) >= 11 is 7.36. The molecule has 2 heterocycles. The fraction of sp³-hybridized carbons (Fsp3) is 0.417. The van der Waals surface area contributed by atoms with Gasteiger partial charge in [-0.25, -0.2) is 4.98 Å². The van der Waals surface area contributed by atoms with Crippen LogP contribution in [0.3, 0.4) is 0 Å². The summed E-state index contributed by atoms with van der Waals surface area (Å²) in [5.74, 6) is 0.701. The van der Waals surface area contributed by atoms with Crippen molar-refractivity contribution < 1.29 is 4.79 Å². The summed E-state index contributed by atoms with van der Waals surface area (Å²) < 4.78 is 0.763. The van der Waals surface area contributed by atoms with E-state index in [4.69, 9.17) is 11.6 Å². The van der Waals surface area contributed by atoms with Crippen LogP contribution in [-0.4, -0.2) is 27.6 Å². The number of aromatic nitrogens is 3. The van der Waals surface area contributed by atoms with E-state index in [9.17, 15) is 4.79 Å². The van der Waals surface area contributed by atoms with Crippen molar-refractivity contribution in [2.45, 2.75) is 26.2 Å². The summed E-state index contributed by atoms with van der Waals surface area (Å²) in [6.07, 6.45) is 2.53. The summed E-state index contributed by atoms with van der Waals surface area (Å²) in [6.45, 7) is 2.60. The molecule has 0 fully saturated rings. The Morgan fingerprint density at radius 1 is 1.47 bits per heavy atom. The summed E-state index contributed by atoms with van der Waals surface area (Å²) in [5, 5.41) is 9.45. The Morgan fingerprint density at radius 2 is 2.32 bits per heavy atom. The molecule has 2 N–H and O–H groups in total. The molecule has 2 aromatic heterocycles. The van der Waals surface area contributed by atoms with Crippen molar-refractivity contribution in [1.82, 2.24) is 20.5 Å². The predicted octanol–water partition coefficient (Wildman–Crippen LogP) is 2.44. The van der Waals surface area contributed by atoms with Gasteiger partial charge in [-0.1, -0.05) is 18.5 Å². The lowest BCUT2D eigenvalue weighted by Crippen LogP contribution is -2.26. The molecule has 0 aliphatic rings. The number of hydrogen-bond donors (Lipinski definition) is 2. The summed E-state index contributed by atoms with van der Waals surface area (Å²) in [6, 6.07) is 3.82. The number of aryl methyl sites for hydroxylation is 1. The highest BCUT2D eigenvalue weighted by Gasteiger charge is 2.11. The number of aromatic amines is 1. The molecule has 5 nitrogen and oxygen atoms in total. The molecule has 0 aliphatic carbocycles. The van der Waals surface area contributed by atoms with Gasteiger partial charge in [0, 0.05) is 17.8 Å². The molecule has 0 saturated heterocycles. The van der Waals surface area contributed by atoms with Crippen molar-refractivity contribution in [3.05, 3.63) is 33.0 Å². The minimum absolute atomic E-state index is 0.202. The van der Waals surface area contributed by atoms with Gasteiger partial charge in [-0.05, 0) is 25.0 Å². The zero-order valence-corrected chi connectivity index (χ0v) is 12.1. The molecule has 7 heteroatoms.